The van der Waals surface area contributed by atoms with E-state index in [0.717, 1.165) is 25.7 Å². The maximum absolute atomic E-state index is 11.8. The lowest BCUT2D eigenvalue weighted by molar-refractivity contribution is 0.0660. The van der Waals surface area contributed by atoms with E-state index in [-0.39, 0.29) is 17.9 Å². The molecule has 1 aromatic heterocycles. The lowest BCUT2D eigenvalue weighted by atomic mass is 9.86. The van der Waals surface area contributed by atoms with Crippen LogP contribution in [0.5, 0.6) is 0 Å². The minimum absolute atomic E-state index is 0.122. The Balaban J connectivity index is 1.86. The van der Waals surface area contributed by atoms with Crippen molar-refractivity contribution in [2.24, 2.45) is 13.0 Å². The van der Waals surface area contributed by atoms with Gasteiger partial charge in [-0.2, -0.15) is 5.10 Å². The van der Waals surface area contributed by atoms with Crippen LogP contribution in [-0.2, 0) is 7.05 Å². The minimum Gasteiger partial charge on any atom is -0.393 e. The number of aryl methyl sites for hydroxylation is 1. The van der Waals surface area contributed by atoms with Crippen molar-refractivity contribution in [2.75, 3.05) is 6.54 Å². The number of nitrogens with zero attached hydrogens (tertiary/aromatic N) is 2. The van der Waals surface area contributed by atoms with Crippen molar-refractivity contribution < 1.29 is 9.90 Å². The first-order valence-electron chi connectivity index (χ1n) is 6.12. The van der Waals surface area contributed by atoms with E-state index in [4.69, 9.17) is 0 Å². The molecule has 0 aliphatic heterocycles. The Labute approximate surface area is 101 Å². The molecule has 0 radical (unpaired) electrons. The molecule has 1 saturated carbocycles. The first-order valence-corrected chi connectivity index (χ1v) is 6.12. The summed E-state index contributed by atoms with van der Waals surface area (Å²) in [6.07, 6.45) is 5.41. The summed E-state index contributed by atoms with van der Waals surface area (Å²) in [7, 11) is 1.74. The quantitative estimate of drug-likeness (QED) is 0.813. The molecule has 2 N–H and O–H groups in total. The number of carbonyl (C=O) groups is 1. The second-order valence-electron chi connectivity index (χ2n) is 4.66. The Kier molecular flexibility index (Phi) is 3.78. The fraction of sp³-hybridized carbons (Fsp3) is 0.667. The normalized spacial score (nSPS) is 24.6. The third-order valence-electron chi connectivity index (χ3n) is 3.45. The van der Waals surface area contributed by atoms with Crippen molar-refractivity contribution >= 4 is 5.91 Å². The highest BCUT2D eigenvalue weighted by Gasteiger charge is 2.23. The van der Waals surface area contributed by atoms with Crippen LogP contribution in [-0.4, -0.2) is 33.4 Å². The minimum atomic E-state index is -0.268. The van der Waals surface area contributed by atoms with E-state index in [1.807, 2.05) is 0 Å². The predicted molar refractivity (Wildman–Crippen MR) is 63.5 cm³/mol. The number of amides is 1. The third kappa shape index (κ3) is 2.85. The van der Waals surface area contributed by atoms with Gasteiger partial charge in [-0.3, -0.25) is 9.48 Å². The second-order valence-corrected chi connectivity index (χ2v) is 4.66. The number of nitrogens with one attached hydrogen (secondary N) is 1. The summed E-state index contributed by atoms with van der Waals surface area (Å²) >= 11 is 0. The van der Waals surface area contributed by atoms with Gasteiger partial charge in [-0.1, -0.05) is 12.8 Å². The van der Waals surface area contributed by atoms with Crippen LogP contribution in [0.15, 0.2) is 12.3 Å². The predicted octanol–water partition coefficient (Wildman–Crippen LogP) is 0.701. The van der Waals surface area contributed by atoms with Gasteiger partial charge in [0, 0.05) is 25.7 Å². The second kappa shape index (κ2) is 5.31. The van der Waals surface area contributed by atoms with E-state index in [2.05, 4.69) is 10.4 Å². The van der Waals surface area contributed by atoms with Crippen molar-refractivity contribution in [2.45, 2.75) is 31.8 Å². The number of aliphatic hydroxyl groups is 1. The summed E-state index contributed by atoms with van der Waals surface area (Å²) in [6, 6.07) is 1.69. The Hall–Kier alpha value is -1.36. The summed E-state index contributed by atoms with van der Waals surface area (Å²) in [5.74, 6) is 0.0729. The first-order chi connectivity index (χ1) is 8.18. The molecular weight excluding hydrogens is 218 g/mol. The van der Waals surface area contributed by atoms with Crippen LogP contribution in [0.3, 0.4) is 0 Å². The molecule has 1 fully saturated rings. The van der Waals surface area contributed by atoms with Gasteiger partial charge in [-0.25, -0.2) is 0 Å². The van der Waals surface area contributed by atoms with Crippen molar-refractivity contribution in [3.05, 3.63) is 18.0 Å². The Morgan fingerprint density at radius 3 is 3.00 bits per heavy atom. The standard InChI is InChI=1S/C12H19N3O2/c1-15-10(6-7-14-15)12(17)13-8-9-4-2-3-5-11(9)16/h6-7,9,11,16H,2-5,8H2,1H3,(H,13,17). The molecule has 1 aliphatic rings. The van der Waals surface area contributed by atoms with Gasteiger partial charge in [0.05, 0.1) is 6.10 Å². The number of hydrogen-bond donors (Lipinski definition) is 2. The van der Waals surface area contributed by atoms with Gasteiger partial charge >= 0.3 is 0 Å². The number of aliphatic hydroxyl groups excluding tert-OH is 1. The molecule has 0 saturated heterocycles. The van der Waals surface area contributed by atoms with E-state index < -0.39 is 0 Å². The summed E-state index contributed by atoms with van der Waals surface area (Å²) in [4.78, 5) is 11.8. The summed E-state index contributed by atoms with van der Waals surface area (Å²) in [5.41, 5.74) is 0.551. The Morgan fingerprint density at radius 1 is 1.59 bits per heavy atom. The molecule has 0 bridgehead atoms. The molecule has 2 rings (SSSR count). The summed E-state index contributed by atoms with van der Waals surface area (Å²) in [6.45, 7) is 0.547. The van der Waals surface area contributed by atoms with Gasteiger partial charge in [0.15, 0.2) is 0 Å². The molecule has 1 aliphatic carbocycles. The largest absolute Gasteiger partial charge is 0.393 e. The highest BCUT2D eigenvalue weighted by molar-refractivity contribution is 5.92. The van der Waals surface area contributed by atoms with E-state index in [0.29, 0.717) is 12.2 Å². The highest BCUT2D eigenvalue weighted by atomic mass is 16.3. The van der Waals surface area contributed by atoms with Gasteiger partial charge < -0.3 is 10.4 Å². The zero-order valence-corrected chi connectivity index (χ0v) is 10.1. The average molecular weight is 237 g/mol. The molecule has 94 valence electrons. The first kappa shape index (κ1) is 12.1. The van der Waals surface area contributed by atoms with E-state index in [1.54, 1.807) is 24.0 Å². The Bertz CT molecular complexity index is 389. The molecule has 1 amide bonds. The molecule has 17 heavy (non-hydrogen) atoms. The topological polar surface area (TPSA) is 67.2 Å². The summed E-state index contributed by atoms with van der Waals surface area (Å²) in [5, 5.41) is 16.6. The fourth-order valence-electron chi connectivity index (χ4n) is 2.34. The van der Waals surface area contributed by atoms with Crippen molar-refractivity contribution in [1.29, 1.82) is 0 Å². The van der Waals surface area contributed by atoms with Crippen LogP contribution < -0.4 is 5.32 Å². The zero-order chi connectivity index (χ0) is 12.3. The fourth-order valence-corrected chi connectivity index (χ4v) is 2.34. The van der Waals surface area contributed by atoms with Gasteiger partial charge in [-0.05, 0) is 18.9 Å². The number of hydrogen-bond acceptors (Lipinski definition) is 3. The number of carbonyl (C=O) groups excluding carboxylic acids is 1. The van der Waals surface area contributed by atoms with Crippen LogP contribution in [0.2, 0.25) is 0 Å². The van der Waals surface area contributed by atoms with Crippen LogP contribution >= 0.6 is 0 Å². The van der Waals surface area contributed by atoms with Crippen LogP contribution in [0.4, 0.5) is 0 Å². The molecule has 5 heteroatoms. The Morgan fingerprint density at radius 2 is 2.35 bits per heavy atom. The van der Waals surface area contributed by atoms with E-state index in [1.165, 1.54) is 0 Å². The molecule has 0 spiro atoms. The van der Waals surface area contributed by atoms with Gasteiger partial charge in [0.25, 0.3) is 5.91 Å². The van der Waals surface area contributed by atoms with E-state index in [9.17, 15) is 9.90 Å². The van der Waals surface area contributed by atoms with Crippen molar-refractivity contribution in [3.63, 3.8) is 0 Å². The smallest absolute Gasteiger partial charge is 0.269 e. The average Bonchev–Trinajstić information content (AvgIpc) is 2.74. The third-order valence-corrected chi connectivity index (χ3v) is 3.45. The molecule has 1 aromatic rings. The number of aromatic nitrogens is 2. The molecule has 2 atom stereocenters. The van der Waals surface area contributed by atoms with Gasteiger partial charge in [0.1, 0.15) is 5.69 Å². The monoisotopic (exact) mass is 237 g/mol. The van der Waals surface area contributed by atoms with E-state index >= 15 is 0 Å². The molecule has 5 nitrogen and oxygen atoms in total. The van der Waals surface area contributed by atoms with Crippen LogP contribution in [0.25, 0.3) is 0 Å². The maximum atomic E-state index is 11.8. The van der Waals surface area contributed by atoms with Crippen LogP contribution in [0, 0.1) is 5.92 Å². The summed E-state index contributed by atoms with van der Waals surface area (Å²) < 4.78 is 1.55. The van der Waals surface area contributed by atoms with Gasteiger partial charge in [0.2, 0.25) is 0 Å². The lowest BCUT2D eigenvalue weighted by Crippen LogP contribution is -2.37. The molecule has 2 unspecified atom stereocenters. The maximum Gasteiger partial charge on any atom is 0.269 e. The molecular formula is C12H19N3O2. The number of rotatable bonds is 3. The SMILES string of the molecule is Cn1nccc1C(=O)NCC1CCCCC1O. The van der Waals surface area contributed by atoms with Gasteiger partial charge in [-0.15, -0.1) is 0 Å². The van der Waals surface area contributed by atoms with Crippen molar-refractivity contribution in [3.8, 4) is 0 Å². The molecule has 0 aromatic carbocycles. The van der Waals surface area contributed by atoms with Crippen LogP contribution in [0.1, 0.15) is 36.2 Å². The highest BCUT2D eigenvalue weighted by Crippen LogP contribution is 2.23. The lowest BCUT2D eigenvalue weighted by Gasteiger charge is -2.27. The van der Waals surface area contributed by atoms with Crippen molar-refractivity contribution in [1.82, 2.24) is 15.1 Å². The zero-order valence-electron chi connectivity index (χ0n) is 10.1. The molecule has 1 heterocycles.